The van der Waals surface area contributed by atoms with Crippen molar-refractivity contribution in [3.63, 3.8) is 0 Å². The van der Waals surface area contributed by atoms with E-state index in [0.29, 0.717) is 31.1 Å². The second-order valence-electron chi connectivity index (χ2n) is 8.31. The first-order valence-electron chi connectivity index (χ1n) is 11.3. The van der Waals surface area contributed by atoms with Gasteiger partial charge in [-0.05, 0) is 35.9 Å². The third kappa shape index (κ3) is 4.82. The van der Waals surface area contributed by atoms with Crippen molar-refractivity contribution in [1.29, 1.82) is 0 Å². The fourth-order valence-corrected chi connectivity index (χ4v) is 4.14. The molecule has 1 amide bonds. The van der Waals surface area contributed by atoms with Gasteiger partial charge in [0.2, 0.25) is 0 Å². The number of benzene rings is 2. The molecule has 0 atom stereocenters. The van der Waals surface area contributed by atoms with Crippen molar-refractivity contribution in [2.24, 2.45) is 0 Å². The maximum Gasteiger partial charge on any atom is 0.251 e. The number of nitrogens with zero attached hydrogens (tertiary/aromatic N) is 3. The van der Waals surface area contributed by atoms with Gasteiger partial charge in [-0.15, -0.1) is 0 Å². The number of ether oxygens (including phenoxy) is 1. The Labute approximate surface area is 197 Å². The zero-order valence-corrected chi connectivity index (χ0v) is 18.7. The molecule has 172 valence electrons. The number of aromatic nitrogens is 4. The second-order valence-corrected chi connectivity index (χ2v) is 8.31. The predicted octanol–water partition coefficient (Wildman–Crippen LogP) is 3.91. The van der Waals surface area contributed by atoms with E-state index in [9.17, 15) is 4.79 Å². The summed E-state index contributed by atoms with van der Waals surface area (Å²) < 4.78 is 5.64. The van der Waals surface area contributed by atoms with Gasteiger partial charge >= 0.3 is 0 Å². The van der Waals surface area contributed by atoms with Crippen molar-refractivity contribution in [2.75, 3.05) is 18.5 Å². The molecule has 1 fully saturated rings. The van der Waals surface area contributed by atoms with Gasteiger partial charge in [0.1, 0.15) is 5.54 Å². The summed E-state index contributed by atoms with van der Waals surface area (Å²) in [7, 11) is 0. The first-order chi connectivity index (χ1) is 16.7. The number of pyridine rings is 1. The van der Waals surface area contributed by atoms with E-state index >= 15 is 0 Å². The number of hydrogen-bond donors (Lipinski definition) is 3. The quantitative estimate of drug-likeness (QED) is 0.391. The number of nitrogens with one attached hydrogen (secondary N) is 3. The number of hydrogen-bond acceptors (Lipinski definition) is 6. The summed E-state index contributed by atoms with van der Waals surface area (Å²) in [6.07, 6.45) is 4.90. The monoisotopic (exact) mass is 454 g/mol. The van der Waals surface area contributed by atoms with Crippen LogP contribution in [-0.2, 0) is 16.8 Å². The van der Waals surface area contributed by atoms with Gasteiger partial charge < -0.3 is 15.4 Å². The van der Waals surface area contributed by atoms with Crippen LogP contribution in [0.25, 0.3) is 11.4 Å². The van der Waals surface area contributed by atoms with Gasteiger partial charge in [-0.2, -0.15) is 5.10 Å². The number of carbonyl (C=O) groups excluding carboxylic acids is 1. The van der Waals surface area contributed by atoms with Crippen LogP contribution in [0.2, 0.25) is 0 Å². The molecule has 34 heavy (non-hydrogen) atoms. The topological polar surface area (TPSA) is 105 Å². The highest BCUT2D eigenvalue weighted by Gasteiger charge is 2.38. The molecule has 1 aliphatic heterocycles. The number of amides is 1. The van der Waals surface area contributed by atoms with Crippen LogP contribution in [0.3, 0.4) is 0 Å². The summed E-state index contributed by atoms with van der Waals surface area (Å²) in [6.45, 7) is 1.69. The van der Waals surface area contributed by atoms with Crippen LogP contribution < -0.4 is 10.6 Å². The molecule has 0 radical (unpaired) electrons. The maximum absolute atomic E-state index is 12.8. The molecular formula is C26H26N6O2. The Morgan fingerprint density at radius 2 is 1.79 bits per heavy atom. The molecule has 0 unspecified atom stereocenters. The van der Waals surface area contributed by atoms with E-state index in [1.54, 1.807) is 12.4 Å². The zero-order chi connectivity index (χ0) is 23.2. The summed E-state index contributed by atoms with van der Waals surface area (Å²) in [6, 6.07) is 21.2. The molecule has 1 saturated heterocycles. The van der Waals surface area contributed by atoms with Gasteiger partial charge in [-0.25, -0.2) is 4.98 Å². The third-order valence-corrected chi connectivity index (χ3v) is 6.03. The van der Waals surface area contributed by atoms with E-state index in [1.807, 2.05) is 66.7 Å². The fraction of sp³-hybridized carbons (Fsp3) is 0.231. The van der Waals surface area contributed by atoms with Gasteiger partial charge in [0, 0.05) is 61.8 Å². The van der Waals surface area contributed by atoms with E-state index in [0.717, 1.165) is 35.5 Å². The van der Waals surface area contributed by atoms with Gasteiger partial charge in [-0.1, -0.05) is 36.4 Å². The van der Waals surface area contributed by atoms with Crippen LogP contribution in [0.4, 0.5) is 5.69 Å². The Balaban J connectivity index is 1.36. The van der Waals surface area contributed by atoms with Gasteiger partial charge in [0.15, 0.2) is 11.6 Å². The van der Waals surface area contributed by atoms with Crippen LogP contribution in [0.1, 0.15) is 34.6 Å². The lowest BCUT2D eigenvalue weighted by atomic mass is 9.88. The van der Waals surface area contributed by atoms with Crippen molar-refractivity contribution in [3.8, 4) is 11.4 Å². The Morgan fingerprint density at radius 3 is 2.59 bits per heavy atom. The Morgan fingerprint density at radius 1 is 1.00 bits per heavy atom. The van der Waals surface area contributed by atoms with E-state index in [4.69, 9.17) is 9.72 Å². The number of anilines is 1. The first kappa shape index (κ1) is 21.8. The lowest BCUT2D eigenvalue weighted by molar-refractivity contribution is 0.0567. The normalized spacial score (nSPS) is 14.9. The smallest absolute Gasteiger partial charge is 0.251 e. The van der Waals surface area contributed by atoms with Crippen LogP contribution in [0.5, 0.6) is 0 Å². The van der Waals surface area contributed by atoms with Crippen molar-refractivity contribution in [2.45, 2.75) is 24.9 Å². The van der Waals surface area contributed by atoms with Crippen molar-refractivity contribution < 1.29 is 9.53 Å². The molecule has 0 spiro atoms. The summed E-state index contributed by atoms with van der Waals surface area (Å²) in [4.78, 5) is 21.6. The lowest BCUT2D eigenvalue weighted by Gasteiger charge is -2.37. The molecule has 5 rings (SSSR count). The Hall–Kier alpha value is -4.04. The predicted molar refractivity (Wildman–Crippen MR) is 129 cm³/mol. The largest absolute Gasteiger partial charge is 0.381 e. The van der Waals surface area contributed by atoms with E-state index in [2.05, 4.69) is 25.8 Å². The lowest BCUT2D eigenvalue weighted by Crippen LogP contribution is -2.42. The summed E-state index contributed by atoms with van der Waals surface area (Å²) in [5.41, 5.74) is 2.92. The number of aromatic amines is 1. The highest BCUT2D eigenvalue weighted by Crippen LogP contribution is 2.35. The van der Waals surface area contributed by atoms with Gasteiger partial charge in [0.05, 0.1) is 0 Å². The molecule has 0 aliphatic carbocycles. The van der Waals surface area contributed by atoms with Crippen molar-refractivity contribution >= 4 is 11.6 Å². The van der Waals surface area contributed by atoms with E-state index in [1.165, 1.54) is 0 Å². The average Bonchev–Trinajstić information content (AvgIpc) is 3.41. The van der Waals surface area contributed by atoms with Crippen molar-refractivity contribution in [1.82, 2.24) is 25.5 Å². The van der Waals surface area contributed by atoms with Gasteiger partial charge in [0.25, 0.3) is 5.91 Å². The third-order valence-electron chi connectivity index (χ3n) is 6.03. The molecule has 2 aromatic carbocycles. The Kier molecular flexibility index (Phi) is 6.31. The molecular weight excluding hydrogens is 428 g/mol. The van der Waals surface area contributed by atoms with Crippen LogP contribution in [0.15, 0.2) is 79.1 Å². The minimum absolute atomic E-state index is 0.117. The summed E-state index contributed by atoms with van der Waals surface area (Å²) >= 11 is 0. The van der Waals surface area contributed by atoms with Crippen LogP contribution >= 0.6 is 0 Å². The maximum atomic E-state index is 12.8. The van der Waals surface area contributed by atoms with Crippen molar-refractivity contribution in [3.05, 3.63) is 96.1 Å². The SMILES string of the molecule is O=C(NCc1ccccc1)c1cccc(NC2(c3nc(-c4ccncc4)n[nH]3)CCOCC2)c1. The van der Waals surface area contributed by atoms with E-state index < -0.39 is 5.54 Å². The number of carbonyl (C=O) groups is 1. The minimum atomic E-state index is -0.477. The molecule has 8 nitrogen and oxygen atoms in total. The first-order valence-corrected chi connectivity index (χ1v) is 11.3. The number of rotatable bonds is 7. The van der Waals surface area contributed by atoms with Gasteiger partial charge in [-0.3, -0.25) is 14.9 Å². The van der Waals surface area contributed by atoms with E-state index in [-0.39, 0.29) is 5.91 Å². The second kappa shape index (κ2) is 9.84. The molecule has 8 heteroatoms. The molecule has 0 saturated carbocycles. The Bertz CT molecular complexity index is 1240. The fourth-order valence-electron chi connectivity index (χ4n) is 4.14. The summed E-state index contributed by atoms with van der Waals surface area (Å²) in [5, 5.41) is 14.2. The van der Waals surface area contributed by atoms with Crippen LogP contribution in [0, 0.1) is 0 Å². The molecule has 2 aromatic heterocycles. The summed E-state index contributed by atoms with van der Waals surface area (Å²) in [5.74, 6) is 1.26. The highest BCUT2D eigenvalue weighted by molar-refractivity contribution is 5.95. The minimum Gasteiger partial charge on any atom is -0.381 e. The highest BCUT2D eigenvalue weighted by atomic mass is 16.5. The molecule has 1 aliphatic rings. The number of H-pyrrole nitrogens is 1. The standard InChI is InChI=1S/C26H26N6O2/c33-24(28-18-19-5-2-1-3-6-19)21-7-4-8-22(17-21)30-26(11-15-34-16-12-26)25-29-23(31-32-25)20-9-13-27-14-10-20/h1-10,13-14,17,30H,11-12,15-16,18H2,(H,28,33)(H,29,31,32). The van der Waals surface area contributed by atoms with Crippen LogP contribution in [-0.4, -0.2) is 39.3 Å². The zero-order valence-electron chi connectivity index (χ0n) is 18.7. The molecule has 3 N–H and O–H groups in total. The molecule has 3 heterocycles. The molecule has 4 aromatic rings. The average molecular weight is 455 g/mol. The molecule has 0 bridgehead atoms.